The minimum absolute atomic E-state index is 0.0712. The van der Waals surface area contributed by atoms with Crippen LogP contribution in [0.15, 0.2) is 53.1 Å². The molecule has 1 aliphatic heterocycles. The van der Waals surface area contributed by atoms with Crippen LogP contribution in [0.5, 0.6) is 0 Å². The predicted molar refractivity (Wildman–Crippen MR) is 141 cm³/mol. The van der Waals surface area contributed by atoms with Crippen molar-refractivity contribution in [2.45, 2.75) is 52.8 Å². The van der Waals surface area contributed by atoms with Crippen molar-refractivity contribution in [2.75, 3.05) is 31.6 Å². The molecule has 2 amide bonds. The predicted octanol–water partition coefficient (Wildman–Crippen LogP) is 4.76. The fraction of sp³-hybridized carbons (Fsp3) is 0.429. The molecule has 0 radical (unpaired) electrons. The number of ether oxygens (including phenoxy) is 1. The Morgan fingerprint density at radius 1 is 1.08 bits per heavy atom. The number of piperazine rings is 1. The fourth-order valence-corrected chi connectivity index (χ4v) is 4.33. The van der Waals surface area contributed by atoms with Crippen molar-refractivity contribution >= 4 is 17.7 Å². The first-order chi connectivity index (χ1) is 17.5. The van der Waals surface area contributed by atoms with Crippen molar-refractivity contribution in [1.82, 2.24) is 19.9 Å². The van der Waals surface area contributed by atoms with E-state index in [9.17, 15) is 9.59 Å². The summed E-state index contributed by atoms with van der Waals surface area (Å²) in [5, 5.41) is 3.80. The molecule has 196 valence electrons. The summed E-state index contributed by atoms with van der Waals surface area (Å²) in [5.74, 6) is 0.894. The van der Waals surface area contributed by atoms with Crippen LogP contribution in [-0.2, 0) is 11.3 Å². The third kappa shape index (κ3) is 6.54. The Balaban J connectivity index is 1.33. The van der Waals surface area contributed by atoms with Gasteiger partial charge in [-0.2, -0.15) is 4.98 Å². The fourth-order valence-electron chi connectivity index (χ4n) is 4.33. The minimum atomic E-state index is -0.498. The number of carbonyl (C=O) groups excluding carboxylic acids is 2. The molecular formula is C28H35N5O4. The van der Waals surface area contributed by atoms with Gasteiger partial charge in [0.2, 0.25) is 0 Å². The largest absolute Gasteiger partial charge is 0.444 e. The maximum Gasteiger partial charge on any atom is 0.410 e. The quantitative estimate of drug-likeness (QED) is 0.493. The normalized spacial score (nSPS) is 16.5. The molecule has 1 aliphatic rings. The second kappa shape index (κ2) is 10.7. The van der Waals surface area contributed by atoms with E-state index in [2.05, 4.69) is 22.0 Å². The number of benzene rings is 2. The average Bonchev–Trinajstić information content (AvgIpc) is 3.29. The van der Waals surface area contributed by atoms with Crippen molar-refractivity contribution in [1.29, 1.82) is 0 Å². The Kier molecular flexibility index (Phi) is 7.63. The third-order valence-electron chi connectivity index (χ3n) is 6.28. The number of amides is 2. The van der Waals surface area contributed by atoms with Crippen LogP contribution in [0.2, 0.25) is 0 Å². The third-order valence-corrected chi connectivity index (χ3v) is 6.28. The molecule has 0 unspecified atom stereocenters. The van der Waals surface area contributed by atoms with Crippen LogP contribution < -0.4 is 4.90 Å². The van der Waals surface area contributed by atoms with E-state index in [0.717, 1.165) is 36.4 Å². The van der Waals surface area contributed by atoms with E-state index in [4.69, 9.17) is 9.26 Å². The summed E-state index contributed by atoms with van der Waals surface area (Å²) >= 11 is 0. The van der Waals surface area contributed by atoms with E-state index in [0.29, 0.717) is 23.8 Å². The minimum Gasteiger partial charge on any atom is -0.444 e. The highest BCUT2D eigenvalue weighted by molar-refractivity contribution is 6.05. The number of nitrogens with zero attached hydrogens (tertiary/aromatic N) is 5. The summed E-state index contributed by atoms with van der Waals surface area (Å²) in [7, 11) is 1.77. The van der Waals surface area contributed by atoms with Crippen molar-refractivity contribution in [3.63, 3.8) is 0 Å². The van der Waals surface area contributed by atoms with Crippen LogP contribution in [0.1, 0.15) is 49.4 Å². The number of hydrogen-bond acceptors (Lipinski definition) is 7. The molecule has 0 bridgehead atoms. The number of rotatable bonds is 5. The summed E-state index contributed by atoms with van der Waals surface area (Å²) < 4.78 is 10.7. The van der Waals surface area contributed by atoms with Crippen LogP contribution >= 0.6 is 0 Å². The number of anilines is 1. The van der Waals surface area contributed by atoms with Gasteiger partial charge in [0, 0.05) is 56.1 Å². The van der Waals surface area contributed by atoms with Crippen molar-refractivity contribution in [3.05, 3.63) is 65.5 Å². The van der Waals surface area contributed by atoms with Gasteiger partial charge in [0.1, 0.15) is 5.60 Å². The first kappa shape index (κ1) is 26.3. The van der Waals surface area contributed by atoms with Gasteiger partial charge in [0.15, 0.2) is 5.82 Å². The maximum atomic E-state index is 13.0. The molecule has 1 fully saturated rings. The van der Waals surface area contributed by atoms with Gasteiger partial charge in [-0.25, -0.2) is 4.79 Å². The standard InChI is InChI=1S/C28H35N5O4/c1-19-17-32(15-16-33(19)27(35)36-28(3,4)5)18-21-7-13-24(14-8-21)31(6)26(34)23-11-9-22(10-12-23)25-29-20(2)30-37-25/h7-14,19H,15-18H2,1-6H3/t19-/m0/s1. The molecule has 3 aromatic rings. The second-order valence-electron chi connectivity index (χ2n) is 10.5. The molecule has 1 saturated heterocycles. The van der Waals surface area contributed by atoms with Gasteiger partial charge in [-0.1, -0.05) is 17.3 Å². The van der Waals surface area contributed by atoms with Gasteiger partial charge in [-0.3, -0.25) is 9.69 Å². The Morgan fingerprint density at radius 2 is 1.76 bits per heavy atom. The van der Waals surface area contributed by atoms with Gasteiger partial charge in [0.05, 0.1) is 0 Å². The molecule has 0 aliphatic carbocycles. The lowest BCUT2D eigenvalue weighted by Crippen LogP contribution is -2.54. The maximum absolute atomic E-state index is 13.0. The Bertz CT molecular complexity index is 1230. The summed E-state index contributed by atoms with van der Waals surface area (Å²) in [5.41, 5.74) is 2.81. The van der Waals surface area contributed by atoms with Crippen LogP contribution in [0, 0.1) is 6.92 Å². The zero-order valence-electron chi connectivity index (χ0n) is 22.4. The van der Waals surface area contributed by atoms with Gasteiger partial charge < -0.3 is 19.1 Å². The summed E-state index contributed by atoms with van der Waals surface area (Å²) in [4.78, 5) is 35.5. The molecule has 37 heavy (non-hydrogen) atoms. The molecule has 0 N–H and O–H groups in total. The molecule has 2 aromatic carbocycles. The summed E-state index contributed by atoms with van der Waals surface area (Å²) in [6.07, 6.45) is -0.254. The molecule has 2 heterocycles. The zero-order chi connectivity index (χ0) is 26.7. The lowest BCUT2D eigenvalue weighted by Gasteiger charge is -2.40. The molecule has 4 rings (SSSR count). The Morgan fingerprint density at radius 3 is 2.32 bits per heavy atom. The van der Waals surface area contributed by atoms with E-state index in [1.165, 1.54) is 0 Å². The van der Waals surface area contributed by atoms with E-state index >= 15 is 0 Å². The first-order valence-corrected chi connectivity index (χ1v) is 12.5. The highest BCUT2D eigenvalue weighted by atomic mass is 16.6. The van der Waals surface area contributed by atoms with Gasteiger partial charge in [0.25, 0.3) is 11.8 Å². The highest BCUT2D eigenvalue weighted by Gasteiger charge is 2.30. The lowest BCUT2D eigenvalue weighted by atomic mass is 10.1. The summed E-state index contributed by atoms with van der Waals surface area (Å²) in [6, 6.07) is 15.2. The molecule has 1 aromatic heterocycles. The topological polar surface area (TPSA) is 92.0 Å². The molecule has 9 heteroatoms. The van der Waals surface area contributed by atoms with E-state index in [-0.39, 0.29) is 18.0 Å². The lowest BCUT2D eigenvalue weighted by molar-refractivity contribution is 0.000551. The van der Waals surface area contributed by atoms with Gasteiger partial charge in [-0.05, 0) is 76.6 Å². The van der Waals surface area contributed by atoms with E-state index < -0.39 is 5.60 Å². The second-order valence-corrected chi connectivity index (χ2v) is 10.5. The number of carbonyl (C=O) groups is 2. The molecule has 1 atom stereocenters. The summed E-state index contributed by atoms with van der Waals surface area (Å²) in [6.45, 7) is 12.4. The van der Waals surface area contributed by atoms with Gasteiger partial charge in [-0.15, -0.1) is 0 Å². The molecular weight excluding hydrogens is 470 g/mol. The average molecular weight is 506 g/mol. The monoisotopic (exact) mass is 505 g/mol. The zero-order valence-corrected chi connectivity index (χ0v) is 22.4. The van der Waals surface area contributed by atoms with Crippen LogP contribution in [0.3, 0.4) is 0 Å². The van der Waals surface area contributed by atoms with Crippen LogP contribution in [0.4, 0.5) is 10.5 Å². The highest BCUT2D eigenvalue weighted by Crippen LogP contribution is 2.22. The van der Waals surface area contributed by atoms with Crippen LogP contribution in [-0.4, -0.2) is 70.3 Å². The number of aryl methyl sites for hydroxylation is 1. The smallest absolute Gasteiger partial charge is 0.410 e. The Hall–Kier alpha value is -3.72. The SMILES string of the molecule is Cc1noc(-c2ccc(C(=O)N(C)c3ccc(CN4CCN(C(=O)OC(C)(C)C)[C@@H](C)C4)cc3)cc2)n1. The van der Waals surface area contributed by atoms with Crippen molar-refractivity contribution < 1.29 is 18.8 Å². The molecule has 9 nitrogen and oxygen atoms in total. The van der Waals surface area contributed by atoms with E-state index in [1.54, 1.807) is 48.0 Å². The van der Waals surface area contributed by atoms with Crippen molar-refractivity contribution in [2.24, 2.45) is 0 Å². The van der Waals surface area contributed by atoms with E-state index in [1.807, 2.05) is 45.0 Å². The number of aromatic nitrogens is 2. The number of hydrogen-bond donors (Lipinski definition) is 0. The van der Waals surface area contributed by atoms with Gasteiger partial charge >= 0.3 is 6.09 Å². The first-order valence-electron chi connectivity index (χ1n) is 12.5. The van der Waals surface area contributed by atoms with Crippen molar-refractivity contribution in [3.8, 4) is 11.5 Å². The molecule has 0 saturated carbocycles. The Labute approximate surface area is 218 Å². The molecule has 0 spiro atoms. The van der Waals surface area contributed by atoms with Crippen LogP contribution in [0.25, 0.3) is 11.5 Å².